The van der Waals surface area contributed by atoms with Gasteiger partial charge < -0.3 is 19.6 Å². The maximum atomic E-state index is 12.8. The normalized spacial score (nSPS) is 13.7. The van der Waals surface area contributed by atoms with Gasteiger partial charge >= 0.3 is 10.5 Å². The zero-order chi connectivity index (χ0) is 25.9. The molecule has 0 aliphatic carbocycles. The first-order valence-corrected chi connectivity index (χ1v) is 12.6. The van der Waals surface area contributed by atoms with E-state index in [1.807, 2.05) is 12.1 Å². The Kier molecular flexibility index (Phi) is 7.76. The summed E-state index contributed by atoms with van der Waals surface area (Å²) in [6.07, 6.45) is 2.23. The van der Waals surface area contributed by atoms with Crippen LogP contribution in [0, 0.1) is 6.92 Å². The summed E-state index contributed by atoms with van der Waals surface area (Å²) in [7, 11) is -3.55. The molecule has 4 rings (SSSR count). The quantitative estimate of drug-likeness (QED) is 0.369. The van der Waals surface area contributed by atoms with Crippen LogP contribution in [0.15, 0.2) is 36.5 Å². The molecule has 9 nitrogen and oxygen atoms in total. The molecular weight excluding hydrogens is 516 g/mol. The van der Waals surface area contributed by atoms with E-state index in [1.165, 1.54) is 24.4 Å². The Morgan fingerprint density at radius 3 is 2.67 bits per heavy atom. The number of hydrogen-bond donors (Lipinski definition) is 2. The third kappa shape index (κ3) is 6.31. The fraction of sp³-hybridized carbons (Fsp3) is 0.304. The molecule has 1 aromatic heterocycles. The summed E-state index contributed by atoms with van der Waals surface area (Å²) in [5, 5.41) is 6.46. The number of aromatic nitrogens is 2. The van der Waals surface area contributed by atoms with Gasteiger partial charge in [-0.1, -0.05) is 15.5 Å². The number of methoxy groups -OCH3 is 1. The molecule has 0 bridgehead atoms. The lowest BCUT2D eigenvalue weighted by Crippen LogP contribution is -2.32. The Morgan fingerprint density at radius 1 is 1.17 bits per heavy atom. The van der Waals surface area contributed by atoms with Gasteiger partial charge in [0.1, 0.15) is 23.2 Å². The summed E-state index contributed by atoms with van der Waals surface area (Å²) in [6.45, 7) is 3.10. The van der Waals surface area contributed by atoms with Crippen molar-refractivity contribution in [1.82, 2.24) is 14.9 Å². The number of ether oxygens (including phenoxy) is 1. The van der Waals surface area contributed by atoms with Crippen molar-refractivity contribution in [3.8, 4) is 11.5 Å². The van der Waals surface area contributed by atoms with Crippen LogP contribution >= 0.6 is 11.6 Å². The highest BCUT2D eigenvalue weighted by Gasteiger charge is 2.20. The third-order valence-electron chi connectivity index (χ3n) is 5.65. The topological polar surface area (TPSA) is 106 Å². The maximum absolute atomic E-state index is 12.8. The van der Waals surface area contributed by atoms with Crippen molar-refractivity contribution in [2.75, 3.05) is 37.5 Å². The van der Waals surface area contributed by atoms with Gasteiger partial charge in [0.25, 0.3) is 0 Å². The minimum absolute atomic E-state index is 0.165. The van der Waals surface area contributed by atoms with Crippen LogP contribution < -0.4 is 19.6 Å². The first-order valence-electron chi connectivity index (χ1n) is 10.9. The van der Waals surface area contributed by atoms with Gasteiger partial charge in [0.2, 0.25) is 5.95 Å². The van der Waals surface area contributed by atoms with E-state index >= 15 is 0 Å². The predicted octanol–water partition coefficient (Wildman–Crippen LogP) is 4.85. The maximum Gasteiger partial charge on any atom is 0.488 e. The molecule has 192 valence electrons. The van der Waals surface area contributed by atoms with Crippen molar-refractivity contribution in [2.24, 2.45) is 0 Å². The molecule has 0 atom stereocenters. The number of benzene rings is 2. The molecule has 0 amide bonds. The summed E-state index contributed by atoms with van der Waals surface area (Å²) < 4.78 is 56.9. The second kappa shape index (κ2) is 10.8. The number of hydrogen-bond acceptors (Lipinski definition) is 9. The zero-order valence-corrected chi connectivity index (χ0v) is 21.1. The predicted molar refractivity (Wildman–Crippen MR) is 133 cm³/mol. The minimum Gasteiger partial charge on any atom is -0.495 e. The number of aryl methyl sites for hydroxylation is 1. The fourth-order valence-electron chi connectivity index (χ4n) is 3.93. The molecule has 0 unspecified atom stereocenters. The Labute approximate surface area is 212 Å². The largest absolute Gasteiger partial charge is 0.495 e. The van der Waals surface area contributed by atoms with E-state index in [1.54, 1.807) is 14.0 Å². The van der Waals surface area contributed by atoms with Crippen LogP contribution in [0.25, 0.3) is 0 Å². The SMILES string of the molecule is COc1cc2c(cc1Nc1ncc(Cl)c(Nc3ccc(OS(=O)(=O)F)cc3C)n1)CN(CCF)CC2. The second-order valence-electron chi connectivity index (χ2n) is 8.13. The van der Waals surface area contributed by atoms with Crippen LogP contribution in [0.4, 0.5) is 31.4 Å². The lowest BCUT2D eigenvalue weighted by Gasteiger charge is -2.28. The Hall–Kier alpha value is -3.22. The van der Waals surface area contributed by atoms with Crippen LogP contribution in [0.1, 0.15) is 16.7 Å². The summed E-state index contributed by atoms with van der Waals surface area (Å²) in [4.78, 5) is 10.8. The highest BCUT2D eigenvalue weighted by Crippen LogP contribution is 2.34. The van der Waals surface area contributed by atoms with Crippen molar-refractivity contribution < 1.29 is 25.6 Å². The molecule has 1 aliphatic rings. The van der Waals surface area contributed by atoms with Crippen LogP contribution in [-0.4, -0.2) is 50.2 Å². The fourth-order valence-corrected chi connectivity index (χ4v) is 4.40. The number of halogens is 3. The van der Waals surface area contributed by atoms with E-state index in [-0.39, 0.29) is 22.5 Å². The van der Waals surface area contributed by atoms with Gasteiger partial charge in [0, 0.05) is 25.3 Å². The van der Waals surface area contributed by atoms with E-state index in [2.05, 4.69) is 29.7 Å². The van der Waals surface area contributed by atoms with Crippen molar-refractivity contribution in [2.45, 2.75) is 19.9 Å². The van der Waals surface area contributed by atoms with E-state index < -0.39 is 17.2 Å². The Balaban J connectivity index is 1.57. The lowest BCUT2D eigenvalue weighted by molar-refractivity contribution is 0.231. The number of nitrogens with one attached hydrogen (secondary N) is 2. The van der Waals surface area contributed by atoms with Crippen molar-refractivity contribution in [3.63, 3.8) is 0 Å². The molecule has 2 N–H and O–H groups in total. The lowest BCUT2D eigenvalue weighted by atomic mass is 9.98. The highest BCUT2D eigenvalue weighted by atomic mass is 35.5. The highest BCUT2D eigenvalue weighted by molar-refractivity contribution is 7.81. The van der Waals surface area contributed by atoms with Crippen LogP contribution in [-0.2, 0) is 23.5 Å². The molecule has 36 heavy (non-hydrogen) atoms. The number of fused-ring (bicyclic) bond motifs is 1. The Morgan fingerprint density at radius 2 is 1.97 bits per heavy atom. The number of rotatable bonds is 9. The summed E-state index contributed by atoms with van der Waals surface area (Å²) >= 11 is 6.29. The third-order valence-corrected chi connectivity index (χ3v) is 6.32. The number of alkyl halides is 1. The molecule has 0 radical (unpaired) electrons. The van der Waals surface area contributed by atoms with Gasteiger partial charge in [0.15, 0.2) is 5.82 Å². The second-order valence-corrected chi connectivity index (χ2v) is 9.49. The van der Waals surface area contributed by atoms with Gasteiger partial charge in [-0.3, -0.25) is 4.90 Å². The van der Waals surface area contributed by atoms with Crippen LogP contribution in [0.3, 0.4) is 0 Å². The standard InChI is InChI=1S/C23H24ClF2N5O4S/c1-14-9-17(35-36(26,32)33)3-4-19(14)28-22-18(24)12-27-23(30-22)29-20-10-16-13-31(8-6-25)7-5-15(16)11-21(20)34-2/h3-4,9-12H,5-8,13H2,1-2H3,(H2,27,28,29,30). The molecule has 3 aromatic rings. The van der Waals surface area contributed by atoms with Gasteiger partial charge in [-0.25, -0.2) is 9.37 Å². The van der Waals surface area contributed by atoms with E-state index in [0.29, 0.717) is 35.8 Å². The molecule has 13 heteroatoms. The van der Waals surface area contributed by atoms with Crippen molar-refractivity contribution >= 4 is 45.2 Å². The van der Waals surface area contributed by atoms with E-state index in [0.717, 1.165) is 24.1 Å². The molecule has 2 aromatic carbocycles. The molecule has 0 saturated carbocycles. The van der Waals surface area contributed by atoms with E-state index in [4.69, 9.17) is 16.3 Å². The molecule has 0 spiro atoms. The monoisotopic (exact) mass is 539 g/mol. The van der Waals surface area contributed by atoms with Crippen LogP contribution in [0.2, 0.25) is 5.02 Å². The molecule has 0 saturated heterocycles. The smallest absolute Gasteiger partial charge is 0.488 e. The number of anilines is 4. The average Bonchev–Trinajstić information content (AvgIpc) is 2.81. The average molecular weight is 540 g/mol. The van der Waals surface area contributed by atoms with Crippen molar-refractivity contribution in [1.29, 1.82) is 0 Å². The Bertz CT molecular complexity index is 1380. The van der Waals surface area contributed by atoms with Crippen LogP contribution in [0.5, 0.6) is 11.5 Å². The van der Waals surface area contributed by atoms with Gasteiger partial charge in [-0.15, -0.1) is 0 Å². The van der Waals surface area contributed by atoms with Crippen molar-refractivity contribution in [3.05, 3.63) is 58.2 Å². The summed E-state index contributed by atoms with van der Waals surface area (Å²) in [5.41, 5.74) is 3.98. The molecule has 1 aliphatic heterocycles. The summed E-state index contributed by atoms with van der Waals surface area (Å²) in [5.74, 6) is 0.990. The minimum atomic E-state index is -5.13. The van der Waals surface area contributed by atoms with E-state index in [9.17, 15) is 16.7 Å². The molecular formula is C23H24ClF2N5O4S. The molecule has 0 fully saturated rings. The summed E-state index contributed by atoms with van der Waals surface area (Å²) in [6, 6.07) is 8.08. The first-order chi connectivity index (χ1) is 17.1. The zero-order valence-electron chi connectivity index (χ0n) is 19.5. The molecule has 2 heterocycles. The van der Waals surface area contributed by atoms with Gasteiger partial charge in [-0.05, 0) is 60.4 Å². The number of nitrogens with zero attached hydrogens (tertiary/aromatic N) is 3. The first kappa shape index (κ1) is 25.9. The van der Waals surface area contributed by atoms with Gasteiger partial charge in [0.05, 0.1) is 19.0 Å². The van der Waals surface area contributed by atoms with Gasteiger partial charge in [-0.2, -0.15) is 13.4 Å².